The average Bonchev–Trinajstić information content (AvgIpc) is 0.793. The monoisotopic (exact) mass is 1360 g/mol. The molecule has 3 amide bonds. The molecule has 8 aromatic rings. The molecule has 0 saturated carbocycles. The maximum Gasteiger partial charge on any atom is 0.305 e. The Hall–Kier alpha value is -10.5. The molecule has 1 saturated heterocycles. The van der Waals surface area contributed by atoms with E-state index in [2.05, 4.69) is 25.8 Å². The fourth-order valence-corrected chi connectivity index (χ4v) is 13.8. The number of hydrogen-bond acceptors (Lipinski definition) is 11. The standard InChI is InChI=1S/C80H92N8O12/c1-47(2)35-69(86-32-14-13-22-72(86)89)78(98)83-65(44-76(94)95)57-26-24-52(9)68(40-57)85-31-16-18-59(46-85)54-28-33-87(73(90)41-54)70(36-48(3)4)79(99)82-64(43-75(92)93)56-25-23-51(8)63(38-56)62-21-15-20-61(53(62)10)55-29-34-88(74(91)42-55)71(37-49(5)6)80(100)84-66(45-77(96)97)58-27-30-81-67(39-58)60-19-12-11-17-50(60)7/h11-15,17,19-30,32-34,38-42,47-49,59,64-66,69-71H,16,18,31,35-37,43-46H2,1-10H3,(H,82,99)(H,83,98)(H,84,100)(H,92,93)(H,94,95)(H,96,97)/t59?,64-,65-,66-,69?,70-,71?/m0/s1. The molecule has 0 aliphatic carbocycles. The van der Waals surface area contributed by atoms with Crippen LogP contribution in [0.3, 0.4) is 0 Å². The highest BCUT2D eigenvalue weighted by atomic mass is 16.4. The first kappa shape index (κ1) is 73.7. The summed E-state index contributed by atoms with van der Waals surface area (Å²) >= 11 is 0. The van der Waals surface area contributed by atoms with E-state index in [1.165, 1.54) is 25.8 Å². The first-order valence-electron chi connectivity index (χ1n) is 34.4. The number of hydrogen-bond donors (Lipinski definition) is 6. The molecule has 20 heteroatoms. The van der Waals surface area contributed by atoms with Gasteiger partial charge in [-0.1, -0.05) is 114 Å². The van der Waals surface area contributed by atoms with Crippen molar-refractivity contribution in [3.63, 3.8) is 0 Å². The summed E-state index contributed by atoms with van der Waals surface area (Å²) in [6.07, 6.45) is 7.57. The third-order valence-corrected chi connectivity index (χ3v) is 18.9. The van der Waals surface area contributed by atoms with Gasteiger partial charge in [0.1, 0.15) is 18.1 Å². The highest BCUT2D eigenvalue weighted by molar-refractivity contribution is 5.85. The number of benzene rings is 4. The van der Waals surface area contributed by atoms with E-state index in [9.17, 15) is 58.5 Å². The Labute approximate surface area is 583 Å². The van der Waals surface area contributed by atoms with Gasteiger partial charge in [0.25, 0.3) is 16.7 Å². The first-order chi connectivity index (χ1) is 47.6. The lowest BCUT2D eigenvalue weighted by Gasteiger charge is -2.36. The number of carbonyl (C=O) groups is 6. The zero-order chi connectivity index (χ0) is 72.2. The highest BCUT2D eigenvalue weighted by Gasteiger charge is 2.33. The molecule has 1 fully saturated rings. The zero-order valence-electron chi connectivity index (χ0n) is 58.6. The molecule has 0 radical (unpaired) electrons. The van der Waals surface area contributed by atoms with Gasteiger partial charge in [-0.05, 0) is 187 Å². The van der Waals surface area contributed by atoms with Crippen molar-refractivity contribution in [2.24, 2.45) is 17.8 Å². The topological polar surface area (TPSA) is 281 Å². The van der Waals surface area contributed by atoms with Crippen molar-refractivity contribution in [2.75, 3.05) is 18.0 Å². The molecule has 1 aliphatic rings. The summed E-state index contributed by atoms with van der Waals surface area (Å²) in [5.74, 6) is -5.01. The quantitative estimate of drug-likeness (QED) is 0.0254. The highest BCUT2D eigenvalue weighted by Crippen LogP contribution is 2.38. The number of aliphatic carboxylic acids is 3. The van der Waals surface area contributed by atoms with Gasteiger partial charge in [0.2, 0.25) is 17.7 Å². The number of piperidine rings is 1. The summed E-state index contributed by atoms with van der Waals surface area (Å²) in [6.45, 7) is 20.7. The van der Waals surface area contributed by atoms with Crippen molar-refractivity contribution in [1.82, 2.24) is 34.6 Å². The van der Waals surface area contributed by atoms with Gasteiger partial charge in [-0.25, -0.2) is 0 Å². The van der Waals surface area contributed by atoms with Crippen molar-refractivity contribution in [3.8, 4) is 33.5 Å². The fourth-order valence-electron chi connectivity index (χ4n) is 13.8. The van der Waals surface area contributed by atoms with Gasteiger partial charge < -0.3 is 49.9 Å². The lowest BCUT2D eigenvalue weighted by Crippen LogP contribution is -2.40. The van der Waals surface area contributed by atoms with Crippen molar-refractivity contribution in [3.05, 3.63) is 234 Å². The van der Waals surface area contributed by atoms with Crippen molar-refractivity contribution in [2.45, 2.75) is 163 Å². The number of aryl methyl sites for hydroxylation is 3. The van der Waals surface area contributed by atoms with Crippen LogP contribution in [0.4, 0.5) is 5.69 Å². The number of carbonyl (C=O) groups excluding carboxylic acids is 3. The Balaban J connectivity index is 0.928. The summed E-state index contributed by atoms with van der Waals surface area (Å²) in [5, 5.41) is 39.5. The van der Waals surface area contributed by atoms with Gasteiger partial charge >= 0.3 is 17.9 Å². The third kappa shape index (κ3) is 18.2. The molecular weight excluding hydrogens is 1260 g/mol. The van der Waals surface area contributed by atoms with Gasteiger partial charge in [-0.15, -0.1) is 0 Å². The molecule has 0 spiro atoms. The maximum atomic E-state index is 14.8. The predicted octanol–water partition coefficient (Wildman–Crippen LogP) is 12.9. The minimum atomic E-state index is -1.15. The van der Waals surface area contributed by atoms with Crippen LogP contribution < -0.4 is 37.5 Å². The Morgan fingerprint density at radius 1 is 0.480 bits per heavy atom. The number of nitrogens with zero attached hydrogens (tertiary/aromatic N) is 5. The largest absolute Gasteiger partial charge is 0.481 e. The van der Waals surface area contributed by atoms with E-state index in [4.69, 9.17) is 0 Å². The molecule has 5 heterocycles. The molecule has 4 aromatic heterocycles. The van der Waals surface area contributed by atoms with E-state index in [1.807, 2.05) is 148 Å². The number of carboxylic acid groups (broad SMARTS) is 3. The molecule has 524 valence electrons. The van der Waals surface area contributed by atoms with E-state index in [0.717, 1.165) is 68.6 Å². The molecule has 6 N–H and O–H groups in total. The predicted molar refractivity (Wildman–Crippen MR) is 387 cm³/mol. The molecule has 0 bridgehead atoms. The van der Waals surface area contributed by atoms with E-state index in [0.29, 0.717) is 47.5 Å². The number of aromatic nitrogens is 4. The van der Waals surface area contributed by atoms with Gasteiger partial charge in [-0.2, -0.15) is 0 Å². The van der Waals surface area contributed by atoms with Crippen LogP contribution in [-0.4, -0.2) is 82.7 Å². The summed E-state index contributed by atoms with van der Waals surface area (Å²) in [6, 6.07) is 33.7. The molecule has 20 nitrogen and oxygen atoms in total. The number of anilines is 1. The lowest BCUT2D eigenvalue weighted by atomic mass is 9.89. The van der Waals surface area contributed by atoms with Crippen LogP contribution in [0.5, 0.6) is 0 Å². The van der Waals surface area contributed by atoms with Crippen molar-refractivity contribution < 1.29 is 44.1 Å². The minimum absolute atomic E-state index is 0.0305. The fraction of sp³-hybridized carbons (Fsp3) is 0.375. The smallest absolute Gasteiger partial charge is 0.305 e. The molecule has 7 atom stereocenters. The van der Waals surface area contributed by atoms with Crippen LogP contribution in [0.15, 0.2) is 173 Å². The van der Waals surface area contributed by atoms with E-state index in [1.54, 1.807) is 67.3 Å². The minimum Gasteiger partial charge on any atom is -0.481 e. The Morgan fingerprint density at radius 3 is 1.51 bits per heavy atom. The second kappa shape index (κ2) is 32.9. The normalized spacial score (nSPS) is 15.0. The van der Waals surface area contributed by atoms with Gasteiger partial charge in [0.15, 0.2) is 0 Å². The second-order valence-electron chi connectivity index (χ2n) is 27.9. The number of nitrogens with one attached hydrogen (secondary N) is 3. The number of rotatable bonds is 29. The average molecular weight is 1360 g/mol. The van der Waals surface area contributed by atoms with Crippen LogP contribution in [-0.2, 0) is 28.8 Å². The van der Waals surface area contributed by atoms with Gasteiger partial charge in [-0.3, -0.25) is 48.1 Å². The number of pyridine rings is 4. The molecule has 4 aromatic carbocycles. The van der Waals surface area contributed by atoms with Crippen LogP contribution in [0.25, 0.3) is 33.5 Å². The Kier molecular flexibility index (Phi) is 24.3. The number of amides is 3. The summed E-state index contributed by atoms with van der Waals surface area (Å²) in [5.41, 5.74) is 10.1. The summed E-state index contributed by atoms with van der Waals surface area (Å²) in [4.78, 5) is 129. The van der Waals surface area contributed by atoms with Crippen LogP contribution in [0.2, 0.25) is 0 Å². The first-order valence-corrected chi connectivity index (χ1v) is 34.4. The van der Waals surface area contributed by atoms with E-state index >= 15 is 0 Å². The number of carboxylic acids is 3. The molecule has 100 heavy (non-hydrogen) atoms. The van der Waals surface area contributed by atoms with Crippen molar-refractivity contribution in [1.29, 1.82) is 0 Å². The van der Waals surface area contributed by atoms with E-state index in [-0.39, 0.29) is 42.1 Å². The second-order valence-corrected chi connectivity index (χ2v) is 27.9. The molecule has 1 aliphatic heterocycles. The maximum absolute atomic E-state index is 14.8. The van der Waals surface area contributed by atoms with E-state index < -0.39 is 102 Å². The summed E-state index contributed by atoms with van der Waals surface area (Å²) in [7, 11) is 0. The zero-order valence-corrected chi connectivity index (χ0v) is 58.6. The Morgan fingerprint density at radius 2 is 0.970 bits per heavy atom. The third-order valence-electron chi connectivity index (χ3n) is 18.9. The van der Waals surface area contributed by atoms with Crippen LogP contribution in [0, 0.1) is 45.4 Å². The lowest BCUT2D eigenvalue weighted by molar-refractivity contribution is -0.139. The van der Waals surface area contributed by atoms with Gasteiger partial charge in [0.05, 0.1) is 43.1 Å². The Bertz CT molecular complexity index is 4510. The van der Waals surface area contributed by atoms with Crippen LogP contribution in [0.1, 0.15) is 180 Å². The van der Waals surface area contributed by atoms with Crippen molar-refractivity contribution >= 4 is 41.3 Å². The summed E-state index contributed by atoms with van der Waals surface area (Å²) < 4.78 is 4.18. The van der Waals surface area contributed by atoms with Gasteiger partial charge in [0, 0.05) is 73.2 Å². The molecule has 3 unspecified atom stereocenters. The van der Waals surface area contributed by atoms with Crippen LogP contribution >= 0.6 is 0 Å². The molecular formula is C80H92N8O12. The molecule has 9 rings (SSSR count). The SMILES string of the molecule is Cc1ccccc1-c1cc([C@H](CC(=O)O)NC(=O)C(CC(C)C)n2ccc(-c3cccc(-c4cc([C@H](CC(=O)O)NC(=O)[C@H](CC(C)C)n5ccc(C6CCCN(c7cc([C@H](CC(=O)O)NC(=O)C(CC(C)C)n8ccccc8=O)ccc7C)C6)cc5=O)ccc4C)c3C)cc2=O)ccn1.